The Morgan fingerprint density at radius 3 is 2.75 bits per heavy atom. The van der Waals surface area contributed by atoms with E-state index in [1.165, 1.54) is 31.9 Å². The number of nitrogens with one attached hydrogen (secondary N) is 1. The summed E-state index contributed by atoms with van der Waals surface area (Å²) in [6.07, 6.45) is 3.57. The molecule has 1 saturated heterocycles. The molecule has 2 N–H and O–H groups in total. The Kier molecular flexibility index (Phi) is 5.95. The first-order valence-corrected chi connectivity index (χ1v) is 7.56. The summed E-state index contributed by atoms with van der Waals surface area (Å²) in [6.45, 7) is 6.25. The maximum atomic E-state index is 13.3. The Balaban J connectivity index is 1.78. The van der Waals surface area contributed by atoms with Crippen LogP contribution in [0.2, 0.25) is 0 Å². The molecule has 112 valence electrons. The van der Waals surface area contributed by atoms with Crippen molar-refractivity contribution in [3.63, 3.8) is 0 Å². The van der Waals surface area contributed by atoms with E-state index in [0.29, 0.717) is 11.6 Å². The fourth-order valence-electron chi connectivity index (χ4n) is 2.80. The monoisotopic (exact) mass is 280 g/mol. The number of hydrogen-bond donors (Lipinski definition) is 2. The van der Waals surface area contributed by atoms with Gasteiger partial charge in [0.15, 0.2) is 0 Å². The van der Waals surface area contributed by atoms with Crippen molar-refractivity contribution >= 4 is 0 Å². The molecule has 0 amide bonds. The van der Waals surface area contributed by atoms with Crippen molar-refractivity contribution < 1.29 is 9.50 Å². The first-order valence-electron chi connectivity index (χ1n) is 7.56. The second kappa shape index (κ2) is 7.72. The highest BCUT2D eigenvalue weighted by Gasteiger charge is 2.17. The molecule has 1 aliphatic heterocycles. The van der Waals surface area contributed by atoms with Gasteiger partial charge in [-0.25, -0.2) is 4.39 Å². The summed E-state index contributed by atoms with van der Waals surface area (Å²) >= 11 is 0. The summed E-state index contributed by atoms with van der Waals surface area (Å²) in [4.78, 5) is 2.51. The molecule has 20 heavy (non-hydrogen) atoms. The number of benzene rings is 1. The van der Waals surface area contributed by atoms with Crippen LogP contribution in [0.1, 0.15) is 37.3 Å². The van der Waals surface area contributed by atoms with E-state index in [2.05, 4.69) is 17.1 Å². The molecule has 0 spiro atoms. The van der Waals surface area contributed by atoms with Gasteiger partial charge in [-0.2, -0.15) is 0 Å². The largest absolute Gasteiger partial charge is 0.392 e. The van der Waals surface area contributed by atoms with E-state index in [1.807, 2.05) is 0 Å². The summed E-state index contributed by atoms with van der Waals surface area (Å²) in [5.41, 5.74) is 1.41. The van der Waals surface area contributed by atoms with E-state index in [-0.39, 0.29) is 12.4 Å². The number of hydrogen-bond acceptors (Lipinski definition) is 3. The first-order chi connectivity index (χ1) is 9.72. The molecule has 1 aromatic rings. The number of aliphatic hydroxyl groups is 1. The highest BCUT2D eigenvalue weighted by Crippen LogP contribution is 2.13. The van der Waals surface area contributed by atoms with Crippen molar-refractivity contribution in [1.82, 2.24) is 10.2 Å². The second-order valence-corrected chi connectivity index (χ2v) is 5.58. The van der Waals surface area contributed by atoms with Crippen LogP contribution in [0.25, 0.3) is 0 Å². The molecule has 1 aromatic carbocycles. The van der Waals surface area contributed by atoms with Gasteiger partial charge in [0.1, 0.15) is 5.82 Å². The molecular weight excluding hydrogens is 255 g/mol. The molecule has 0 aromatic heterocycles. The van der Waals surface area contributed by atoms with E-state index in [1.54, 1.807) is 12.1 Å². The minimum atomic E-state index is -0.330. The van der Waals surface area contributed by atoms with Gasteiger partial charge < -0.3 is 15.3 Å². The van der Waals surface area contributed by atoms with Crippen molar-refractivity contribution in [3.8, 4) is 0 Å². The number of likely N-dealkylation sites (tertiary alicyclic amines) is 1. The van der Waals surface area contributed by atoms with Gasteiger partial charge in [-0.15, -0.1) is 0 Å². The van der Waals surface area contributed by atoms with Crippen LogP contribution in [0.5, 0.6) is 0 Å². The van der Waals surface area contributed by atoms with Gasteiger partial charge in [0.2, 0.25) is 0 Å². The molecular formula is C16H25FN2O. The lowest BCUT2D eigenvalue weighted by Crippen LogP contribution is -2.42. The van der Waals surface area contributed by atoms with Crippen LogP contribution >= 0.6 is 0 Å². The summed E-state index contributed by atoms with van der Waals surface area (Å²) in [6, 6.07) is 5.51. The zero-order valence-electron chi connectivity index (χ0n) is 12.2. The fourth-order valence-corrected chi connectivity index (χ4v) is 2.80. The average molecular weight is 280 g/mol. The van der Waals surface area contributed by atoms with Gasteiger partial charge in [0.25, 0.3) is 0 Å². The highest BCUT2D eigenvalue weighted by molar-refractivity contribution is 5.24. The van der Waals surface area contributed by atoms with E-state index in [0.717, 1.165) is 25.2 Å². The van der Waals surface area contributed by atoms with Crippen LogP contribution in [0.15, 0.2) is 18.2 Å². The molecule has 0 bridgehead atoms. The number of rotatable bonds is 6. The van der Waals surface area contributed by atoms with Crippen molar-refractivity contribution in [1.29, 1.82) is 0 Å². The van der Waals surface area contributed by atoms with Crippen LogP contribution in [0.4, 0.5) is 4.39 Å². The molecule has 4 heteroatoms. The first kappa shape index (κ1) is 15.4. The molecule has 0 radical (unpaired) electrons. The topological polar surface area (TPSA) is 35.5 Å². The lowest BCUT2D eigenvalue weighted by molar-refractivity contribution is 0.197. The Morgan fingerprint density at radius 2 is 2.10 bits per heavy atom. The molecule has 0 saturated carbocycles. The zero-order chi connectivity index (χ0) is 14.4. The average Bonchev–Trinajstić information content (AvgIpc) is 2.48. The quantitative estimate of drug-likeness (QED) is 0.839. The predicted octanol–water partition coefficient (Wildman–Crippen LogP) is 2.28. The molecule has 1 aliphatic rings. The fraction of sp³-hybridized carbons (Fsp3) is 0.625. The smallest absolute Gasteiger partial charge is 0.128 e. The summed E-state index contributed by atoms with van der Waals surface area (Å²) in [7, 11) is 0. The lowest BCUT2D eigenvalue weighted by atomic mass is 10.0. The predicted molar refractivity (Wildman–Crippen MR) is 78.9 cm³/mol. The SMILES string of the molecule is CCCN1CCC(NCc2ccc(F)c(CO)c2)CC1. The Bertz CT molecular complexity index is 417. The maximum absolute atomic E-state index is 13.3. The van der Waals surface area contributed by atoms with Crippen molar-refractivity contribution in [3.05, 3.63) is 35.1 Å². The third kappa shape index (κ3) is 4.27. The van der Waals surface area contributed by atoms with E-state index in [4.69, 9.17) is 5.11 Å². The molecule has 1 fully saturated rings. The van der Waals surface area contributed by atoms with E-state index in [9.17, 15) is 4.39 Å². The van der Waals surface area contributed by atoms with Gasteiger partial charge in [0, 0.05) is 18.2 Å². The van der Waals surface area contributed by atoms with Crippen molar-refractivity contribution in [2.75, 3.05) is 19.6 Å². The van der Waals surface area contributed by atoms with Crippen LogP contribution in [-0.2, 0) is 13.2 Å². The van der Waals surface area contributed by atoms with Gasteiger partial charge in [-0.05, 0) is 56.6 Å². The zero-order valence-corrected chi connectivity index (χ0v) is 12.2. The lowest BCUT2D eigenvalue weighted by Gasteiger charge is -2.32. The number of halogens is 1. The second-order valence-electron chi connectivity index (χ2n) is 5.58. The molecule has 1 heterocycles. The molecule has 0 atom stereocenters. The Labute approximate surface area is 120 Å². The molecule has 0 unspecified atom stereocenters. The van der Waals surface area contributed by atoms with Crippen molar-refractivity contribution in [2.24, 2.45) is 0 Å². The number of aliphatic hydroxyl groups excluding tert-OH is 1. The summed E-state index contributed by atoms with van der Waals surface area (Å²) in [5, 5.41) is 12.6. The van der Waals surface area contributed by atoms with Crippen molar-refractivity contribution in [2.45, 2.75) is 45.4 Å². The van der Waals surface area contributed by atoms with Crippen LogP contribution in [0, 0.1) is 5.82 Å². The van der Waals surface area contributed by atoms with E-state index >= 15 is 0 Å². The van der Waals surface area contributed by atoms with Gasteiger partial charge in [-0.1, -0.05) is 13.0 Å². The Morgan fingerprint density at radius 1 is 1.35 bits per heavy atom. The standard InChI is InChI=1S/C16H25FN2O/c1-2-7-19-8-5-15(6-9-19)18-11-13-3-4-16(17)14(10-13)12-20/h3-4,10,15,18,20H,2,5-9,11-12H2,1H3. The van der Waals surface area contributed by atoms with Crippen LogP contribution < -0.4 is 5.32 Å². The molecule has 3 nitrogen and oxygen atoms in total. The normalized spacial score (nSPS) is 17.6. The number of nitrogens with zero attached hydrogens (tertiary/aromatic N) is 1. The summed E-state index contributed by atoms with van der Waals surface area (Å²) < 4.78 is 13.3. The third-order valence-electron chi connectivity index (χ3n) is 4.00. The summed E-state index contributed by atoms with van der Waals surface area (Å²) in [5.74, 6) is -0.330. The van der Waals surface area contributed by atoms with Crippen LogP contribution in [0.3, 0.4) is 0 Å². The molecule has 0 aliphatic carbocycles. The van der Waals surface area contributed by atoms with E-state index < -0.39 is 0 Å². The highest BCUT2D eigenvalue weighted by atomic mass is 19.1. The minimum absolute atomic E-state index is 0.241. The van der Waals surface area contributed by atoms with Gasteiger partial charge in [-0.3, -0.25) is 0 Å². The minimum Gasteiger partial charge on any atom is -0.392 e. The number of piperidine rings is 1. The van der Waals surface area contributed by atoms with Gasteiger partial charge >= 0.3 is 0 Å². The van der Waals surface area contributed by atoms with Crippen LogP contribution in [-0.4, -0.2) is 35.7 Å². The molecule has 2 rings (SSSR count). The van der Waals surface area contributed by atoms with Gasteiger partial charge in [0.05, 0.1) is 6.61 Å². The maximum Gasteiger partial charge on any atom is 0.128 e. The third-order valence-corrected chi connectivity index (χ3v) is 4.00. The Hall–Kier alpha value is -0.970.